The molecule has 0 atom stereocenters. The Morgan fingerprint density at radius 1 is 1.36 bits per heavy atom. The van der Waals surface area contributed by atoms with Crippen LogP contribution in [0.4, 0.5) is 0 Å². The summed E-state index contributed by atoms with van der Waals surface area (Å²) in [7, 11) is 0. The van der Waals surface area contributed by atoms with Crippen molar-refractivity contribution in [2.75, 3.05) is 6.61 Å². The van der Waals surface area contributed by atoms with Crippen molar-refractivity contribution < 1.29 is 9.53 Å². The van der Waals surface area contributed by atoms with Crippen LogP contribution in [0, 0.1) is 5.41 Å². The van der Waals surface area contributed by atoms with Crippen molar-refractivity contribution in [3.8, 4) is 0 Å². The van der Waals surface area contributed by atoms with Crippen LogP contribution in [0.15, 0.2) is 11.6 Å². The van der Waals surface area contributed by atoms with E-state index >= 15 is 0 Å². The molecule has 0 aromatic carbocycles. The van der Waals surface area contributed by atoms with E-state index in [2.05, 4.69) is 20.8 Å². The lowest BCUT2D eigenvalue weighted by Gasteiger charge is -2.24. The number of hydrogen-bond donors (Lipinski definition) is 0. The van der Waals surface area contributed by atoms with Crippen LogP contribution in [0.3, 0.4) is 0 Å². The molecule has 0 fully saturated rings. The number of ether oxygens (including phenoxy) is 1. The van der Waals surface area contributed by atoms with Gasteiger partial charge in [-0.15, -0.1) is 0 Å². The monoisotopic (exact) mass is 198 g/mol. The molecule has 0 aliphatic heterocycles. The highest BCUT2D eigenvalue weighted by Gasteiger charge is 2.19. The second kappa shape index (κ2) is 5.84. The summed E-state index contributed by atoms with van der Waals surface area (Å²) in [5.74, 6) is -0.228. The summed E-state index contributed by atoms with van der Waals surface area (Å²) in [6.45, 7) is 10.7. The molecule has 0 aliphatic rings. The maximum Gasteiger partial charge on any atom is 0.330 e. The summed E-state index contributed by atoms with van der Waals surface area (Å²) in [6.07, 6.45) is 3.83. The normalized spacial score (nSPS) is 12.8. The molecule has 82 valence electrons. The zero-order valence-corrected chi connectivity index (χ0v) is 10.0. The lowest BCUT2D eigenvalue weighted by Crippen LogP contribution is -2.14. The first-order valence-corrected chi connectivity index (χ1v) is 5.29. The molecule has 0 unspecified atom stereocenters. The van der Waals surface area contributed by atoms with Crippen molar-refractivity contribution in [2.45, 2.75) is 47.5 Å². The summed E-state index contributed by atoms with van der Waals surface area (Å²) in [6, 6.07) is 0. The molecule has 0 spiro atoms. The van der Waals surface area contributed by atoms with E-state index in [0.717, 1.165) is 18.4 Å². The van der Waals surface area contributed by atoms with Gasteiger partial charge in [0.1, 0.15) is 0 Å². The fourth-order valence-electron chi connectivity index (χ4n) is 1.38. The third-order valence-corrected chi connectivity index (χ3v) is 2.56. The second-order valence-electron chi connectivity index (χ2n) is 4.21. The molecule has 0 aliphatic carbocycles. The molecular formula is C12H22O2. The quantitative estimate of drug-likeness (QED) is 0.500. The molecule has 0 bridgehead atoms. The highest BCUT2D eigenvalue weighted by Crippen LogP contribution is 2.30. The minimum Gasteiger partial charge on any atom is -0.463 e. The minimum absolute atomic E-state index is 0.0987. The molecule has 0 aromatic heterocycles. The zero-order valence-electron chi connectivity index (χ0n) is 10.0. The standard InChI is InChI=1S/C12H22O2/c1-6-8-12(4,5)10(3)9-11(13)14-7-2/h9H,6-8H2,1-5H3. The summed E-state index contributed by atoms with van der Waals surface area (Å²) in [4.78, 5) is 11.2. The number of rotatable bonds is 5. The van der Waals surface area contributed by atoms with Crippen LogP contribution in [0.5, 0.6) is 0 Å². The SMILES string of the molecule is CCCC(C)(C)C(C)=CC(=O)OCC. The Bertz CT molecular complexity index is 214. The smallest absolute Gasteiger partial charge is 0.330 e. The van der Waals surface area contributed by atoms with Crippen LogP contribution in [0.2, 0.25) is 0 Å². The highest BCUT2D eigenvalue weighted by atomic mass is 16.5. The van der Waals surface area contributed by atoms with Crippen molar-refractivity contribution in [1.82, 2.24) is 0 Å². The molecule has 2 nitrogen and oxygen atoms in total. The Hall–Kier alpha value is -0.790. The van der Waals surface area contributed by atoms with Gasteiger partial charge in [-0.25, -0.2) is 4.79 Å². The van der Waals surface area contributed by atoms with E-state index in [1.54, 1.807) is 6.08 Å². The number of carbonyl (C=O) groups is 1. The molecule has 0 heterocycles. The van der Waals surface area contributed by atoms with Gasteiger partial charge < -0.3 is 4.74 Å². The molecule has 0 saturated heterocycles. The summed E-state index contributed by atoms with van der Waals surface area (Å²) < 4.78 is 4.87. The van der Waals surface area contributed by atoms with E-state index < -0.39 is 0 Å². The summed E-state index contributed by atoms with van der Waals surface area (Å²) in [5, 5.41) is 0. The lowest BCUT2D eigenvalue weighted by atomic mass is 9.81. The average molecular weight is 198 g/mol. The van der Waals surface area contributed by atoms with Gasteiger partial charge in [-0.3, -0.25) is 0 Å². The third-order valence-electron chi connectivity index (χ3n) is 2.56. The van der Waals surface area contributed by atoms with Gasteiger partial charge in [0.05, 0.1) is 6.61 Å². The molecule has 0 radical (unpaired) electrons. The van der Waals surface area contributed by atoms with Crippen molar-refractivity contribution in [3.05, 3.63) is 11.6 Å². The van der Waals surface area contributed by atoms with Gasteiger partial charge in [0.2, 0.25) is 0 Å². The van der Waals surface area contributed by atoms with Crippen LogP contribution in [0.1, 0.15) is 47.5 Å². The van der Waals surface area contributed by atoms with Crippen molar-refractivity contribution in [3.63, 3.8) is 0 Å². The van der Waals surface area contributed by atoms with Crippen molar-refractivity contribution >= 4 is 5.97 Å². The minimum atomic E-state index is -0.228. The number of carbonyl (C=O) groups excluding carboxylic acids is 1. The molecule has 0 saturated carbocycles. The van der Waals surface area contributed by atoms with E-state index in [4.69, 9.17) is 4.74 Å². The zero-order chi connectivity index (χ0) is 11.2. The van der Waals surface area contributed by atoms with Crippen molar-refractivity contribution in [2.24, 2.45) is 5.41 Å². The molecule has 0 amide bonds. The molecule has 0 aromatic rings. The van der Waals surface area contributed by atoms with Gasteiger partial charge in [-0.1, -0.05) is 32.8 Å². The van der Waals surface area contributed by atoms with Gasteiger partial charge in [0.15, 0.2) is 0 Å². The number of esters is 1. The van der Waals surface area contributed by atoms with Gasteiger partial charge in [0.25, 0.3) is 0 Å². The highest BCUT2D eigenvalue weighted by molar-refractivity contribution is 5.82. The number of hydrogen-bond acceptors (Lipinski definition) is 2. The van der Waals surface area contributed by atoms with Crippen molar-refractivity contribution in [1.29, 1.82) is 0 Å². The summed E-state index contributed by atoms with van der Waals surface area (Å²) >= 11 is 0. The first-order chi connectivity index (χ1) is 6.44. The van der Waals surface area contributed by atoms with Crippen LogP contribution < -0.4 is 0 Å². The molecule has 14 heavy (non-hydrogen) atoms. The van der Waals surface area contributed by atoms with Gasteiger partial charge in [-0.2, -0.15) is 0 Å². The van der Waals surface area contributed by atoms with Crippen LogP contribution in [-0.4, -0.2) is 12.6 Å². The Morgan fingerprint density at radius 2 is 1.93 bits per heavy atom. The Kier molecular flexibility index (Phi) is 5.51. The molecule has 0 rings (SSSR count). The van der Waals surface area contributed by atoms with Crippen LogP contribution in [0.25, 0.3) is 0 Å². The first kappa shape index (κ1) is 13.2. The molecular weight excluding hydrogens is 176 g/mol. The maximum atomic E-state index is 11.2. The molecule has 2 heteroatoms. The van der Waals surface area contributed by atoms with E-state index in [9.17, 15) is 4.79 Å². The maximum absolute atomic E-state index is 11.2. The van der Waals surface area contributed by atoms with Gasteiger partial charge in [-0.05, 0) is 25.7 Å². The third kappa shape index (κ3) is 4.45. The largest absolute Gasteiger partial charge is 0.463 e. The Morgan fingerprint density at radius 3 is 2.36 bits per heavy atom. The van der Waals surface area contributed by atoms with Gasteiger partial charge in [0, 0.05) is 6.08 Å². The van der Waals surface area contributed by atoms with Crippen LogP contribution in [-0.2, 0) is 9.53 Å². The van der Waals surface area contributed by atoms with E-state index in [1.807, 2.05) is 13.8 Å². The van der Waals surface area contributed by atoms with E-state index in [0.29, 0.717) is 6.61 Å². The molecule has 0 N–H and O–H groups in total. The topological polar surface area (TPSA) is 26.3 Å². The van der Waals surface area contributed by atoms with Crippen LogP contribution >= 0.6 is 0 Å². The summed E-state index contributed by atoms with van der Waals surface area (Å²) in [5.41, 5.74) is 1.19. The van der Waals surface area contributed by atoms with E-state index in [1.165, 1.54) is 0 Å². The second-order valence-corrected chi connectivity index (χ2v) is 4.21. The lowest BCUT2D eigenvalue weighted by molar-refractivity contribution is -0.137. The van der Waals surface area contributed by atoms with Gasteiger partial charge >= 0.3 is 5.97 Å². The predicted molar refractivity (Wildman–Crippen MR) is 59.1 cm³/mol. The predicted octanol–water partition coefficient (Wildman–Crippen LogP) is 3.32. The number of allylic oxidation sites excluding steroid dienone is 1. The first-order valence-electron chi connectivity index (χ1n) is 5.29. The average Bonchev–Trinajstić information content (AvgIpc) is 2.04. The van der Waals surface area contributed by atoms with E-state index in [-0.39, 0.29) is 11.4 Å². The fourth-order valence-corrected chi connectivity index (χ4v) is 1.38. The Labute approximate surface area is 87.3 Å². The fraction of sp³-hybridized carbons (Fsp3) is 0.750. The Balaban J connectivity index is 4.42.